The molecule has 1 aliphatic rings. The zero-order chi connectivity index (χ0) is 19.2. The number of fused-ring (bicyclic) bond motifs is 1. The summed E-state index contributed by atoms with van der Waals surface area (Å²) in [7, 11) is 0. The number of nitrogens with zero attached hydrogens (tertiary/aromatic N) is 1. The topological polar surface area (TPSA) is 75.4 Å². The van der Waals surface area contributed by atoms with Gasteiger partial charge in [-0.3, -0.25) is 14.9 Å². The minimum absolute atomic E-state index is 0.0136. The predicted octanol–water partition coefficient (Wildman–Crippen LogP) is 2.61. The highest BCUT2D eigenvalue weighted by Gasteiger charge is 2.22. The number of primary amides is 1. The Morgan fingerprint density at radius 1 is 1.22 bits per heavy atom. The number of nitrogens with one attached hydrogen (secondary N) is 1. The SMILES string of the molecule is CC[C@@H](/C=C/C(=O)N1Cc2ccccc2C1)N[C@@H](Cc1cccs1)C(N)=O. The molecule has 3 N–H and O–H groups in total. The van der Waals surface area contributed by atoms with Gasteiger partial charge in [-0.05, 0) is 29.0 Å². The van der Waals surface area contributed by atoms with Crippen molar-refractivity contribution >= 4 is 23.2 Å². The van der Waals surface area contributed by atoms with Crippen LogP contribution >= 0.6 is 11.3 Å². The summed E-state index contributed by atoms with van der Waals surface area (Å²) >= 11 is 1.61. The number of rotatable bonds is 8. The molecular formula is C21H25N3O2S. The van der Waals surface area contributed by atoms with Gasteiger partial charge in [0.15, 0.2) is 0 Å². The number of carbonyl (C=O) groups is 2. The first kappa shape index (κ1) is 19.3. The smallest absolute Gasteiger partial charge is 0.246 e. The molecule has 0 saturated heterocycles. The Balaban J connectivity index is 1.58. The van der Waals surface area contributed by atoms with E-state index in [-0.39, 0.29) is 17.9 Å². The molecule has 0 radical (unpaired) electrons. The van der Waals surface area contributed by atoms with Crippen molar-refractivity contribution in [2.24, 2.45) is 5.73 Å². The van der Waals surface area contributed by atoms with E-state index in [0.29, 0.717) is 19.5 Å². The average Bonchev–Trinajstić information content (AvgIpc) is 3.32. The lowest BCUT2D eigenvalue weighted by Crippen LogP contribution is -2.47. The molecule has 0 unspecified atom stereocenters. The van der Waals surface area contributed by atoms with E-state index in [1.54, 1.807) is 17.4 Å². The first-order chi connectivity index (χ1) is 13.1. The summed E-state index contributed by atoms with van der Waals surface area (Å²) in [5.41, 5.74) is 7.97. The number of hydrogen-bond donors (Lipinski definition) is 2. The van der Waals surface area contributed by atoms with E-state index in [1.807, 2.05) is 47.5 Å². The monoisotopic (exact) mass is 383 g/mol. The highest BCUT2D eigenvalue weighted by molar-refractivity contribution is 7.09. The standard InChI is InChI=1S/C21H25N3O2S/c1-2-17(23-19(21(22)26)12-18-8-5-11-27-18)9-10-20(25)24-13-15-6-3-4-7-16(15)14-24/h3-11,17,19,23H,2,12-14H2,1H3,(H2,22,26)/b10-9+/t17-,19-/m0/s1. The van der Waals surface area contributed by atoms with Crippen LogP contribution in [0.25, 0.3) is 0 Å². The van der Waals surface area contributed by atoms with Gasteiger partial charge in [0.25, 0.3) is 0 Å². The van der Waals surface area contributed by atoms with Gasteiger partial charge in [0, 0.05) is 36.5 Å². The van der Waals surface area contributed by atoms with Crippen molar-refractivity contribution in [3.05, 3.63) is 69.9 Å². The lowest BCUT2D eigenvalue weighted by atomic mass is 10.1. The van der Waals surface area contributed by atoms with Crippen molar-refractivity contribution in [1.29, 1.82) is 0 Å². The third-order valence-corrected chi connectivity index (χ3v) is 5.71. The molecule has 27 heavy (non-hydrogen) atoms. The van der Waals surface area contributed by atoms with E-state index < -0.39 is 6.04 Å². The van der Waals surface area contributed by atoms with Crippen LogP contribution in [0.4, 0.5) is 0 Å². The van der Waals surface area contributed by atoms with Gasteiger partial charge >= 0.3 is 0 Å². The van der Waals surface area contributed by atoms with E-state index >= 15 is 0 Å². The van der Waals surface area contributed by atoms with Crippen molar-refractivity contribution in [2.75, 3.05) is 0 Å². The Labute approximate surface area is 163 Å². The molecule has 2 amide bonds. The number of thiophene rings is 1. The molecule has 142 valence electrons. The summed E-state index contributed by atoms with van der Waals surface area (Å²) in [6.07, 6.45) is 4.77. The van der Waals surface area contributed by atoms with Crippen LogP contribution in [-0.4, -0.2) is 28.8 Å². The molecule has 1 aromatic carbocycles. The normalized spacial score (nSPS) is 15.7. The van der Waals surface area contributed by atoms with Crippen molar-refractivity contribution in [3.63, 3.8) is 0 Å². The first-order valence-electron chi connectivity index (χ1n) is 9.18. The molecule has 1 aromatic heterocycles. The zero-order valence-corrected chi connectivity index (χ0v) is 16.2. The molecule has 2 atom stereocenters. The molecule has 5 nitrogen and oxygen atoms in total. The van der Waals surface area contributed by atoms with Gasteiger partial charge in [0.1, 0.15) is 0 Å². The highest BCUT2D eigenvalue weighted by Crippen LogP contribution is 2.22. The molecule has 2 aromatic rings. The van der Waals surface area contributed by atoms with Crippen LogP contribution in [0.5, 0.6) is 0 Å². The maximum absolute atomic E-state index is 12.5. The molecule has 1 aliphatic heterocycles. The lowest BCUT2D eigenvalue weighted by molar-refractivity contribution is -0.126. The van der Waals surface area contributed by atoms with E-state index in [0.717, 1.165) is 11.3 Å². The third kappa shape index (κ3) is 5.05. The average molecular weight is 384 g/mol. The van der Waals surface area contributed by atoms with E-state index in [4.69, 9.17) is 5.73 Å². The minimum Gasteiger partial charge on any atom is -0.368 e. The molecule has 0 aliphatic carbocycles. The zero-order valence-electron chi connectivity index (χ0n) is 15.4. The van der Waals surface area contributed by atoms with Crippen molar-refractivity contribution in [3.8, 4) is 0 Å². The Kier molecular flexibility index (Phi) is 6.42. The van der Waals surface area contributed by atoms with Crippen LogP contribution in [0.3, 0.4) is 0 Å². The number of carbonyl (C=O) groups excluding carboxylic acids is 2. The fourth-order valence-electron chi connectivity index (χ4n) is 3.23. The number of nitrogens with two attached hydrogens (primary N) is 1. The van der Waals surface area contributed by atoms with Gasteiger partial charge in [-0.1, -0.05) is 43.3 Å². The van der Waals surface area contributed by atoms with Gasteiger partial charge in [0.2, 0.25) is 11.8 Å². The van der Waals surface area contributed by atoms with Crippen molar-refractivity contribution < 1.29 is 9.59 Å². The van der Waals surface area contributed by atoms with Crippen molar-refractivity contribution in [2.45, 2.75) is 44.9 Å². The van der Waals surface area contributed by atoms with Gasteiger partial charge < -0.3 is 10.6 Å². The first-order valence-corrected chi connectivity index (χ1v) is 10.1. The Morgan fingerprint density at radius 2 is 1.93 bits per heavy atom. The second-order valence-corrected chi connectivity index (χ2v) is 7.77. The van der Waals surface area contributed by atoms with Crippen LogP contribution in [0.15, 0.2) is 53.9 Å². The largest absolute Gasteiger partial charge is 0.368 e. The van der Waals surface area contributed by atoms with Crippen molar-refractivity contribution in [1.82, 2.24) is 10.2 Å². The number of amides is 2. The second kappa shape index (κ2) is 8.97. The maximum Gasteiger partial charge on any atom is 0.246 e. The molecule has 0 fully saturated rings. The lowest BCUT2D eigenvalue weighted by Gasteiger charge is -2.20. The molecule has 0 saturated carbocycles. The number of hydrogen-bond acceptors (Lipinski definition) is 4. The third-order valence-electron chi connectivity index (χ3n) is 4.81. The number of benzene rings is 1. The van der Waals surface area contributed by atoms with E-state index in [1.165, 1.54) is 11.1 Å². The molecule has 0 bridgehead atoms. The molecular weight excluding hydrogens is 358 g/mol. The highest BCUT2D eigenvalue weighted by atomic mass is 32.1. The Hall–Kier alpha value is -2.44. The maximum atomic E-state index is 12.5. The summed E-state index contributed by atoms with van der Waals surface area (Å²) in [5.74, 6) is -0.392. The van der Waals surface area contributed by atoms with Gasteiger partial charge in [0.05, 0.1) is 6.04 Å². The summed E-state index contributed by atoms with van der Waals surface area (Å²) in [6.45, 7) is 3.30. The van der Waals surface area contributed by atoms with E-state index in [9.17, 15) is 9.59 Å². The van der Waals surface area contributed by atoms with Crippen LogP contribution in [0.1, 0.15) is 29.3 Å². The van der Waals surface area contributed by atoms with Crippen LogP contribution < -0.4 is 11.1 Å². The summed E-state index contributed by atoms with van der Waals surface area (Å²) in [5, 5.41) is 5.26. The van der Waals surface area contributed by atoms with Gasteiger partial charge in [-0.15, -0.1) is 11.3 Å². The summed E-state index contributed by atoms with van der Waals surface area (Å²) in [6, 6.07) is 11.5. The minimum atomic E-state index is -0.454. The molecule has 2 heterocycles. The van der Waals surface area contributed by atoms with Gasteiger partial charge in [-0.25, -0.2) is 0 Å². The second-order valence-electron chi connectivity index (χ2n) is 6.74. The predicted molar refractivity (Wildman–Crippen MR) is 108 cm³/mol. The van der Waals surface area contributed by atoms with E-state index in [2.05, 4.69) is 17.4 Å². The fourth-order valence-corrected chi connectivity index (χ4v) is 3.98. The van der Waals surface area contributed by atoms with Crippen LogP contribution in [0.2, 0.25) is 0 Å². The molecule has 0 spiro atoms. The van der Waals surface area contributed by atoms with Crippen LogP contribution in [-0.2, 0) is 29.1 Å². The van der Waals surface area contributed by atoms with Gasteiger partial charge in [-0.2, -0.15) is 0 Å². The Morgan fingerprint density at radius 3 is 2.48 bits per heavy atom. The van der Waals surface area contributed by atoms with Crippen LogP contribution in [0, 0.1) is 0 Å². The quantitative estimate of drug-likeness (QED) is 0.688. The fraction of sp³-hybridized carbons (Fsp3) is 0.333. The molecule has 6 heteroatoms. The summed E-state index contributed by atoms with van der Waals surface area (Å²) in [4.78, 5) is 27.3. The molecule has 3 rings (SSSR count). The summed E-state index contributed by atoms with van der Waals surface area (Å²) < 4.78 is 0. The Bertz CT molecular complexity index is 792.